The van der Waals surface area contributed by atoms with Gasteiger partial charge in [0.05, 0.1) is 20.8 Å². The van der Waals surface area contributed by atoms with Gasteiger partial charge in [0, 0.05) is 12.0 Å². The zero-order chi connectivity index (χ0) is 19.6. The molecule has 0 aliphatic rings. The topological polar surface area (TPSA) is 94.1 Å². The van der Waals surface area contributed by atoms with E-state index in [9.17, 15) is 14.7 Å². The van der Waals surface area contributed by atoms with E-state index < -0.39 is 18.1 Å². The van der Waals surface area contributed by atoms with E-state index in [1.54, 1.807) is 18.2 Å². The number of hydrogen-bond donors (Lipinski definition) is 2. The Kier molecular flexibility index (Phi) is 7.63. The van der Waals surface area contributed by atoms with E-state index in [2.05, 4.69) is 5.32 Å². The lowest BCUT2D eigenvalue weighted by molar-refractivity contribution is -0.143. The van der Waals surface area contributed by atoms with Gasteiger partial charge in [0.25, 0.3) is 0 Å². The Labute approximate surface area is 157 Å². The number of nitrogens with one attached hydrogen (secondary N) is 1. The van der Waals surface area contributed by atoms with Gasteiger partial charge >= 0.3 is 12.1 Å². The minimum absolute atomic E-state index is 0.0950. The van der Waals surface area contributed by atoms with E-state index in [1.165, 1.54) is 14.2 Å². The molecule has 7 heteroatoms. The fraction of sp³-hybridized carbons (Fsp3) is 0.300. The fourth-order valence-corrected chi connectivity index (χ4v) is 2.56. The first-order valence-electron chi connectivity index (χ1n) is 8.39. The average molecular weight is 373 g/mol. The van der Waals surface area contributed by atoms with Crippen molar-refractivity contribution in [2.45, 2.75) is 25.7 Å². The number of ether oxygens (including phenoxy) is 3. The number of rotatable bonds is 8. The third-order valence-corrected chi connectivity index (χ3v) is 3.95. The van der Waals surface area contributed by atoms with Crippen LogP contribution in [0.3, 0.4) is 0 Å². The number of amides is 1. The highest BCUT2D eigenvalue weighted by atomic mass is 16.6. The Morgan fingerprint density at radius 1 is 1.07 bits per heavy atom. The van der Waals surface area contributed by atoms with Gasteiger partial charge in [0.15, 0.2) is 0 Å². The van der Waals surface area contributed by atoms with Crippen molar-refractivity contribution in [3.63, 3.8) is 0 Å². The van der Waals surface area contributed by atoms with E-state index in [-0.39, 0.29) is 19.6 Å². The molecule has 0 aromatic heterocycles. The predicted molar refractivity (Wildman–Crippen MR) is 98.2 cm³/mol. The van der Waals surface area contributed by atoms with Crippen molar-refractivity contribution in [2.24, 2.45) is 0 Å². The predicted octanol–water partition coefficient (Wildman–Crippen LogP) is 2.20. The van der Waals surface area contributed by atoms with Crippen LogP contribution < -0.4 is 10.1 Å². The number of esters is 1. The molecule has 1 atom stereocenters. The summed E-state index contributed by atoms with van der Waals surface area (Å²) in [7, 11) is 2.76. The first-order chi connectivity index (χ1) is 13.1. The van der Waals surface area contributed by atoms with Crippen LogP contribution in [-0.2, 0) is 33.9 Å². The van der Waals surface area contributed by atoms with Crippen LogP contribution in [0.25, 0.3) is 0 Å². The van der Waals surface area contributed by atoms with E-state index >= 15 is 0 Å². The van der Waals surface area contributed by atoms with Crippen LogP contribution in [0.1, 0.15) is 16.7 Å². The number of aliphatic hydroxyl groups excluding tert-OH is 1. The quantitative estimate of drug-likeness (QED) is 0.689. The maximum atomic E-state index is 12.1. The van der Waals surface area contributed by atoms with Gasteiger partial charge in [-0.25, -0.2) is 9.59 Å². The van der Waals surface area contributed by atoms with Crippen molar-refractivity contribution < 1.29 is 28.9 Å². The minimum Gasteiger partial charge on any atom is -0.496 e. The summed E-state index contributed by atoms with van der Waals surface area (Å²) in [5.41, 5.74) is 2.16. The average Bonchev–Trinajstić information content (AvgIpc) is 2.71. The van der Waals surface area contributed by atoms with Crippen molar-refractivity contribution in [1.82, 2.24) is 5.32 Å². The molecule has 0 aliphatic carbocycles. The van der Waals surface area contributed by atoms with Crippen LogP contribution in [0, 0.1) is 0 Å². The van der Waals surface area contributed by atoms with E-state index in [0.29, 0.717) is 11.3 Å². The molecule has 27 heavy (non-hydrogen) atoms. The van der Waals surface area contributed by atoms with E-state index in [0.717, 1.165) is 11.1 Å². The van der Waals surface area contributed by atoms with Crippen LogP contribution in [0.15, 0.2) is 48.5 Å². The van der Waals surface area contributed by atoms with Gasteiger partial charge in [-0.1, -0.05) is 36.4 Å². The molecule has 144 valence electrons. The van der Waals surface area contributed by atoms with Gasteiger partial charge in [-0.05, 0) is 23.3 Å². The van der Waals surface area contributed by atoms with Crippen molar-refractivity contribution in [3.8, 4) is 5.75 Å². The molecule has 0 spiro atoms. The number of methoxy groups -OCH3 is 2. The Morgan fingerprint density at radius 2 is 1.81 bits per heavy atom. The highest BCUT2D eigenvalue weighted by molar-refractivity contribution is 5.81. The number of carbonyl (C=O) groups excluding carboxylic acids is 2. The highest BCUT2D eigenvalue weighted by Crippen LogP contribution is 2.20. The molecule has 2 aromatic carbocycles. The van der Waals surface area contributed by atoms with Crippen LogP contribution >= 0.6 is 0 Å². The molecule has 7 nitrogen and oxygen atoms in total. The molecular weight excluding hydrogens is 350 g/mol. The maximum Gasteiger partial charge on any atom is 0.408 e. The monoisotopic (exact) mass is 373 g/mol. The largest absolute Gasteiger partial charge is 0.496 e. The number of alkyl carbamates (subject to hydrolysis) is 1. The van der Waals surface area contributed by atoms with Crippen LogP contribution in [0.2, 0.25) is 0 Å². The zero-order valence-electron chi connectivity index (χ0n) is 15.3. The molecular formula is C20H23NO6. The maximum absolute atomic E-state index is 12.1. The molecule has 2 N–H and O–H groups in total. The SMILES string of the molecule is COC(=O)[C@H](Cc1ccc(OC)c(CO)c1)NC(=O)OCc1ccccc1. The Hall–Kier alpha value is -3.06. The molecule has 0 saturated carbocycles. The zero-order valence-corrected chi connectivity index (χ0v) is 15.3. The Balaban J connectivity index is 2.02. The minimum atomic E-state index is -0.918. The summed E-state index contributed by atoms with van der Waals surface area (Å²) in [6, 6.07) is 13.5. The van der Waals surface area contributed by atoms with Crippen molar-refractivity contribution >= 4 is 12.1 Å². The molecule has 0 radical (unpaired) electrons. The molecule has 0 saturated heterocycles. The standard InChI is InChI=1S/C20H23NO6/c1-25-18-9-8-15(10-16(18)12-22)11-17(19(23)26-2)21-20(24)27-13-14-6-4-3-5-7-14/h3-10,17,22H,11-13H2,1-2H3,(H,21,24)/t17-/m0/s1. The van der Waals surface area contributed by atoms with E-state index in [4.69, 9.17) is 14.2 Å². The summed E-state index contributed by atoms with van der Waals surface area (Å²) in [6.45, 7) is -0.107. The van der Waals surface area contributed by atoms with Crippen LogP contribution in [0.5, 0.6) is 5.75 Å². The molecule has 0 bridgehead atoms. The van der Waals surface area contributed by atoms with E-state index in [1.807, 2.05) is 30.3 Å². The van der Waals surface area contributed by atoms with Crippen LogP contribution in [0.4, 0.5) is 4.79 Å². The second-order valence-corrected chi connectivity index (χ2v) is 5.79. The summed E-state index contributed by atoms with van der Waals surface area (Å²) in [5.74, 6) is -0.0425. The molecule has 0 heterocycles. The molecule has 2 aromatic rings. The summed E-state index contributed by atoms with van der Waals surface area (Å²) in [6.07, 6.45) is -0.533. The molecule has 0 unspecified atom stereocenters. The number of benzene rings is 2. The van der Waals surface area contributed by atoms with Gasteiger partial charge in [-0.3, -0.25) is 0 Å². The number of carbonyl (C=O) groups is 2. The lowest BCUT2D eigenvalue weighted by Crippen LogP contribution is -2.43. The van der Waals surface area contributed by atoms with Gasteiger partial charge < -0.3 is 24.6 Å². The van der Waals surface area contributed by atoms with Gasteiger partial charge in [0.2, 0.25) is 0 Å². The molecule has 0 aliphatic heterocycles. The lowest BCUT2D eigenvalue weighted by atomic mass is 10.0. The van der Waals surface area contributed by atoms with Gasteiger partial charge in [-0.2, -0.15) is 0 Å². The fourth-order valence-electron chi connectivity index (χ4n) is 2.56. The second kappa shape index (κ2) is 10.2. The van der Waals surface area contributed by atoms with Crippen molar-refractivity contribution in [1.29, 1.82) is 0 Å². The highest BCUT2D eigenvalue weighted by Gasteiger charge is 2.23. The van der Waals surface area contributed by atoms with Gasteiger partial charge in [0.1, 0.15) is 18.4 Å². The third-order valence-electron chi connectivity index (χ3n) is 3.95. The molecule has 0 fully saturated rings. The van der Waals surface area contributed by atoms with Crippen molar-refractivity contribution in [3.05, 3.63) is 65.2 Å². The van der Waals surface area contributed by atoms with Gasteiger partial charge in [-0.15, -0.1) is 0 Å². The first kappa shape index (κ1) is 20.3. The summed E-state index contributed by atoms with van der Waals surface area (Å²) in [4.78, 5) is 24.1. The van der Waals surface area contributed by atoms with Crippen LogP contribution in [-0.4, -0.2) is 37.4 Å². The number of hydrogen-bond acceptors (Lipinski definition) is 6. The summed E-state index contributed by atoms with van der Waals surface area (Å²) in [5, 5.41) is 11.9. The molecule has 1 amide bonds. The van der Waals surface area contributed by atoms with Crippen molar-refractivity contribution in [2.75, 3.05) is 14.2 Å². The normalized spacial score (nSPS) is 11.4. The smallest absolute Gasteiger partial charge is 0.408 e. The lowest BCUT2D eigenvalue weighted by Gasteiger charge is -2.17. The summed E-state index contributed by atoms with van der Waals surface area (Å²) < 4.78 is 15.1. The third kappa shape index (κ3) is 6.00. The Morgan fingerprint density at radius 3 is 2.44 bits per heavy atom. The summed E-state index contributed by atoms with van der Waals surface area (Å²) >= 11 is 0. The first-order valence-corrected chi connectivity index (χ1v) is 8.39. The molecule has 2 rings (SSSR count). The number of aliphatic hydroxyl groups is 1. The Bertz CT molecular complexity index is 762. The second-order valence-electron chi connectivity index (χ2n) is 5.79.